The Kier molecular flexibility index (Phi) is 2.86. The third kappa shape index (κ3) is 2.14. The molecule has 7 heteroatoms. The summed E-state index contributed by atoms with van der Waals surface area (Å²) in [5.41, 5.74) is 0.590. The van der Waals surface area contributed by atoms with Crippen LogP contribution in [0.25, 0.3) is 0 Å². The third-order valence-corrected chi connectivity index (χ3v) is 3.19. The maximum absolute atomic E-state index is 12.3. The van der Waals surface area contributed by atoms with E-state index in [1.807, 2.05) is 4.57 Å². The second-order valence-electron chi connectivity index (χ2n) is 4.35. The van der Waals surface area contributed by atoms with Gasteiger partial charge in [-0.2, -0.15) is 0 Å². The molecule has 1 aliphatic heterocycles. The predicted molar refractivity (Wildman–Crippen MR) is 68.5 cm³/mol. The SMILES string of the molecule is CNc1ccc(C(=O)N2CCn3cnnc3C2)cn1. The number of nitrogens with one attached hydrogen (secondary N) is 1. The Hall–Kier alpha value is -2.44. The van der Waals surface area contributed by atoms with E-state index >= 15 is 0 Å². The number of anilines is 1. The maximum Gasteiger partial charge on any atom is 0.255 e. The Morgan fingerprint density at radius 1 is 1.37 bits per heavy atom. The first-order valence-electron chi connectivity index (χ1n) is 6.07. The molecule has 0 aromatic carbocycles. The molecule has 0 bridgehead atoms. The minimum Gasteiger partial charge on any atom is -0.373 e. The summed E-state index contributed by atoms with van der Waals surface area (Å²) in [6, 6.07) is 3.57. The van der Waals surface area contributed by atoms with Gasteiger partial charge in [0.25, 0.3) is 5.91 Å². The largest absolute Gasteiger partial charge is 0.373 e. The number of rotatable bonds is 2. The molecule has 1 N–H and O–H groups in total. The monoisotopic (exact) mass is 258 g/mol. The van der Waals surface area contributed by atoms with Crippen LogP contribution in [0.1, 0.15) is 16.2 Å². The fraction of sp³-hybridized carbons (Fsp3) is 0.333. The highest BCUT2D eigenvalue weighted by atomic mass is 16.2. The Morgan fingerprint density at radius 2 is 2.26 bits per heavy atom. The number of nitrogens with zero attached hydrogens (tertiary/aromatic N) is 5. The summed E-state index contributed by atoms with van der Waals surface area (Å²) in [5.74, 6) is 1.54. The molecule has 2 aromatic heterocycles. The molecule has 0 unspecified atom stereocenters. The van der Waals surface area contributed by atoms with E-state index in [9.17, 15) is 4.79 Å². The van der Waals surface area contributed by atoms with E-state index in [-0.39, 0.29) is 5.91 Å². The number of fused-ring (bicyclic) bond motifs is 1. The number of pyridine rings is 1. The van der Waals surface area contributed by atoms with Crippen LogP contribution in [0.2, 0.25) is 0 Å². The van der Waals surface area contributed by atoms with Gasteiger partial charge in [-0.05, 0) is 12.1 Å². The summed E-state index contributed by atoms with van der Waals surface area (Å²) in [6.07, 6.45) is 3.29. The van der Waals surface area contributed by atoms with Gasteiger partial charge in [-0.3, -0.25) is 4.79 Å². The lowest BCUT2D eigenvalue weighted by Crippen LogP contribution is -2.38. The van der Waals surface area contributed by atoms with E-state index in [1.54, 1.807) is 36.6 Å². The summed E-state index contributed by atoms with van der Waals surface area (Å²) in [6.45, 7) is 1.89. The first-order chi connectivity index (χ1) is 9.28. The fourth-order valence-electron chi connectivity index (χ4n) is 2.09. The van der Waals surface area contributed by atoms with Crippen molar-refractivity contribution < 1.29 is 4.79 Å². The second kappa shape index (κ2) is 4.68. The van der Waals surface area contributed by atoms with E-state index < -0.39 is 0 Å². The van der Waals surface area contributed by atoms with Gasteiger partial charge in [0.05, 0.1) is 12.1 Å². The summed E-state index contributed by atoms with van der Waals surface area (Å²) < 4.78 is 1.96. The molecule has 0 saturated heterocycles. The van der Waals surface area contributed by atoms with Crippen LogP contribution in [-0.2, 0) is 13.1 Å². The van der Waals surface area contributed by atoms with Gasteiger partial charge in [-0.25, -0.2) is 4.98 Å². The molecule has 0 radical (unpaired) electrons. The Morgan fingerprint density at radius 3 is 3.00 bits per heavy atom. The highest BCUT2D eigenvalue weighted by Crippen LogP contribution is 2.13. The third-order valence-electron chi connectivity index (χ3n) is 3.19. The normalized spacial score (nSPS) is 14.1. The van der Waals surface area contributed by atoms with Crippen molar-refractivity contribution in [2.24, 2.45) is 0 Å². The molecule has 0 saturated carbocycles. The summed E-state index contributed by atoms with van der Waals surface area (Å²) in [5, 5.41) is 10.8. The highest BCUT2D eigenvalue weighted by Gasteiger charge is 2.22. The Balaban J connectivity index is 1.77. The second-order valence-corrected chi connectivity index (χ2v) is 4.35. The van der Waals surface area contributed by atoms with Crippen molar-refractivity contribution >= 4 is 11.7 Å². The number of carbonyl (C=O) groups excluding carboxylic acids is 1. The topological polar surface area (TPSA) is 75.9 Å². The molecule has 3 heterocycles. The molecule has 0 aliphatic carbocycles. The van der Waals surface area contributed by atoms with E-state index in [0.717, 1.165) is 18.2 Å². The Bertz CT molecular complexity index is 591. The quantitative estimate of drug-likeness (QED) is 0.842. The molecule has 1 amide bonds. The minimum atomic E-state index is -0.0237. The number of carbonyl (C=O) groups is 1. The van der Waals surface area contributed by atoms with Gasteiger partial charge in [0.2, 0.25) is 0 Å². The Labute approximate surface area is 110 Å². The van der Waals surface area contributed by atoms with E-state index in [4.69, 9.17) is 0 Å². The van der Waals surface area contributed by atoms with Gasteiger partial charge >= 0.3 is 0 Å². The molecule has 98 valence electrons. The summed E-state index contributed by atoms with van der Waals surface area (Å²) in [4.78, 5) is 18.3. The molecule has 19 heavy (non-hydrogen) atoms. The molecule has 0 fully saturated rings. The fourth-order valence-corrected chi connectivity index (χ4v) is 2.09. The zero-order valence-corrected chi connectivity index (χ0v) is 10.6. The van der Waals surface area contributed by atoms with Crippen LogP contribution in [0, 0.1) is 0 Å². The van der Waals surface area contributed by atoms with Crippen molar-refractivity contribution in [2.45, 2.75) is 13.1 Å². The van der Waals surface area contributed by atoms with Gasteiger partial charge in [0.1, 0.15) is 12.1 Å². The molecular weight excluding hydrogens is 244 g/mol. The summed E-state index contributed by atoms with van der Waals surface area (Å²) in [7, 11) is 1.79. The lowest BCUT2D eigenvalue weighted by molar-refractivity contribution is 0.0707. The van der Waals surface area contributed by atoms with Crippen LogP contribution in [0.3, 0.4) is 0 Å². The molecular formula is C12H14N6O. The first kappa shape index (κ1) is 11.6. The minimum absolute atomic E-state index is 0.0237. The lowest BCUT2D eigenvalue weighted by atomic mass is 10.2. The maximum atomic E-state index is 12.3. The van der Waals surface area contributed by atoms with Crippen LogP contribution >= 0.6 is 0 Å². The highest BCUT2D eigenvalue weighted by molar-refractivity contribution is 5.94. The van der Waals surface area contributed by atoms with Crippen LogP contribution in [0.5, 0.6) is 0 Å². The van der Waals surface area contributed by atoms with Crippen molar-refractivity contribution in [1.82, 2.24) is 24.6 Å². The van der Waals surface area contributed by atoms with Gasteiger partial charge < -0.3 is 14.8 Å². The van der Waals surface area contributed by atoms with Crippen molar-refractivity contribution in [2.75, 3.05) is 18.9 Å². The first-order valence-corrected chi connectivity index (χ1v) is 6.07. The van der Waals surface area contributed by atoms with E-state index in [0.29, 0.717) is 18.7 Å². The number of aromatic nitrogens is 4. The molecule has 1 aliphatic rings. The van der Waals surface area contributed by atoms with Gasteiger partial charge in [-0.1, -0.05) is 0 Å². The van der Waals surface area contributed by atoms with Crippen molar-refractivity contribution in [3.8, 4) is 0 Å². The molecule has 0 atom stereocenters. The van der Waals surface area contributed by atoms with Crippen LogP contribution in [0.15, 0.2) is 24.7 Å². The average Bonchev–Trinajstić information content (AvgIpc) is 2.94. The average molecular weight is 258 g/mol. The van der Waals surface area contributed by atoms with Gasteiger partial charge in [0, 0.05) is 26.3 Å². The standard InChI is InChI=1S/C12H14N6O/c1-13-10-3-2-9(6-14-10)12(19)17-4-5-18-8-15-16-11(18)7-17/h2-3,6,8H,4-5,7H2,1H3,(H,13,14). The van der Waals surface area contributed by atoms with Crippen LogP contribution in [-0.4, -0.2) is 44.1 Å². The molecule has 0 spiro atoms. The molecule has 2 aromatic rings. The van der Waals surface area contributed by atoms with E-state index in [2.05, 4.69) is 20.5 Å². The number of amides is 1. The predicted octanol–water partition coefficient (Wildman–Crippen LogP) is 0.371. The zero-order chi connectivity index (χ0) is 13.2. The van der Waals surface area contributed by atoms with Crippen molar-refractivity contribution in [3.63, 3.8) is 0 Å². The van der Waals surface area contributed by atoms with E-state index in [1.165, 1.54) is 0 Å². The smallest absolute Gasteiger partial charge is 0.255 e. The van der Waals surface area contributed by atoms with Crippen LogP contribution in [0.4, 0.5) is 5.82 Å². The van der Waals surface area contributed by atoms with Crippen molar-refractivity contribution in [3.05, 3.63) is 36.0 Å². The summed E-state index contributed by atoms with van der Waals surface area (Å²) >= 11 is 0. The van der Waals surface area contributed by atoms with Gasteiger partial charge in [0.15, 0.2) is 5.82 Å². The number of hydrogen-bond donors (Lipinski definition) is 1. The van der Waals surface area contributed by atoms with Gasteiger partial charge in [-0.15, -0.1) is 10.2 Å². The molecule has 3 rings (SSSR count). The zero-order valence-electron chi connectivity index (χ0n) is 10.6. The lowest BCUT2D eigenvalue weighted by Gasteiger charge is -2.27. The van der Waals surface area contributed by atoms with Crippen molar-refractivity contribution in [1.29, 1.82) is 0 Å². The van der Waals surface area contributed by atoms with Crippen LogP contribution < -0.4 is 5.32 Å². The number of hydrogen-bond acceptors (Lipinski definition) is 5. The molecule has 7 nitrogen and oxygen atoms in total.